The van der Waals surface area contributed by atoms with Crippen LogP contribution in [-0.4, -0.2) is 82.8 Å². The van der Waals surface area contributed by atoms with Gasteiger partial charge in [0.2, 0.25) is 0 Å². The predicted molar refractivity (Wildman–Crippen MR) is 157 cm³/mol. The molecule has 5 N–H and O–H groups in total. The lowest BCUT2D eigenvalue weighted by Crippen LogP contribution is -2.62. The number of rotatable bonds is 12. The molecule has 12 heteroatoms. The normalized spacial score (nSPS) is 16.3. The Morgan fingerprint density at radius 3 is 2.05 bits per heavy atom. The molecule has 0 bridgehead atoms. The van der Waals surface area contributed by atoms with Crippen LogP contribution < -0.4 is 10.1 Å². The summed E-state index contributed by atoms with van der Waals surface area (Å²) in [5.74, 6) is -4.07. The van der Waals surface area contributed by atoms with Gasteiger partial charge in [-0.3, -0.25) is 14.5 Å². The van der Waals surface area contributed by atoms with Crippen molar-refractivity contribution in [3.8, 4) is 5.75 Å². The molecule has 0 amide bonds. The standard InChI is InChI=1S/C24H36N4O.C6H8O7/c1-8-28-18(2)20(15-25-28)17-27(16-19-11-9-10-12-22(19)29-7)21-13-23(3,4)26-24(5,6)14-21;7-3(8)1-6(13,5(11)12)2-4(9)10/h8-12,15,21,26H,1,13-14,16-17H2,2-7H3;13H,1-2H2,(H,7,8)(H,9,10)(H,11,12). The van der Waals surface area contributed by atoms with E-state index in [0.29, 0.717) is 6.04 Å². The van der Waals surface area contributed by atoms with E-state index >= 15 is 0 Å². The quantitative estimate of drug-likeness (QED) is 0.246. The van der Waals surface area contributed by atoms with Crippen molar-refractivity contribution in [1.82, 2.24) is 20.0 Å². The van der Waals surface area contributed by atoms with Crippen LogP contribution in [0, 0.1) is 6.92 Å². The third-order valence-corrected chi connectivity index (χ3v) is 7.23. The highest BCUT2D eigenvalue weighted by molar-refractivity contribution is 5.88. The minimum absolute atomic E-state index is 0.0891. The van der Waals surface area contributed by atoms with Crippen LogP contribution in [0.1, 0.15) is 70.2 Å². The largest absolute Gasteiger partial charge is 0.496 e. The number of nitrogens with zero attached hydrogens (tertiary/aromatic N) is 3. The summed E-state index contributed by atoms with van der Waals surface area (Å²) in [6, 6.07) is 8.79. The zero-order valence-electron chi connectivity index (χ0n) is 25.3. The number of aliphatic carboxylic acids is 3. The summed E-state index contributed by atoms with van der Waals surface area (Å²) in [5, 5.41) is 42.1. The number of benzene rings is 1. The molecule has 1 aromatic carbocycles. The Morgan fingerprint density at radius 2 is 1.60 bits per heavy atom. The van der Waals surface area contributed by atoms with E-state index in [1.54, 1.807) is 13.3 Å². The smallest absolute Gasteiger partial charge is 0.336 e. The third-order valence-electron chi connectivity index (χ3n) is 7.23. The van der Waals surface area contributed by atoms with Crippen LogP contribution in [0.4, 0.5) is 0 Å². The van der Waals surface area contributed by atoms with Gasteiger partial charge >= 0.3 is 17.9 Å². The van der Waals surface area contributed by atoms with E-state index in [1.165, 1.54) is 11.1 Å². The molecule has 1 aliphatic rings. The van der Waals surface area contributed by atoms with Crippen LogP contribution >= 0.6 is 0 Å². The summed E-state index contributed by atoms with van der Waals surface area (Å²) in [6.45, 7) is 16.9. The summed E-state index contributed by atoms with van der Waals surface area (Å²) in [6.07, 6.45) is 3.65. The number of methoxy groups -OCH3 is 1. The Balaban J connectivity index is 0.000000401. The molecule has 3 rings (SSSR count). The zero-order valence-corrected chi connectivity index (χ0v) is 25.3. The van der Waals surface area contributed by atoms with Crippen LogP contribution in [0.5, 0.6) is 5.75 Å². The maximum atomic E-state index is 10.3. The van der Waals surface area contributed by atoms with Crippen LogP contribution in [0.25, 0.3) is 6.20 Å². The second kappa shape index (κ2) is 14.0. The summed E-state index contributed by atoms with van der Waals surface area (Å²) in [4.78, 5) is 33.1. The first-order valence-corrected chi connectivity index (χ1v) is 13.6. The van der Waals surface area contributed by atoms with E-state index in [4.69, 9.17) is 25.2 Å². The molecule has 232 valence electrons. The number of carbonyl (C=O) groups is 3. The number of hydrogen-bond donors (Lipinski definition) is 5. The van der Waals surface area contributed by atoms with E-state index in [-0.39, 0.29) is 11.1 Å². The maximum Gasteiger partial charge on any atom is 0.336 e. The molecule has 0 spiro atoms. The van der Waals surface area contributed by atoms with Gasteiger partial charge in [-0.15, -0.1) is 0 Å². The molecule has 12 nitrogen and oxygen atoms in total. The van der Waals surface area contributed by atoms with Crippen LogP contribution in [0.2, 0.25) is 0 Å². The fourth-order valence-electron chi connectivity index (χ4n) is 5.62. The molecular weight excluding hydrogens is 544 g/mol. The Kier molecular flexibility index (Phi) is 11.4. The highest BCUT2D eigenvalue weighted by Gasteiger charge is 2.41. The van der Waals surface area contributed by atoms with Crippen molar-refractivity contribution in [2.75, 3.05) is 7.11 Å². The topological polar surface area (TPSA) is 174 Å². The summed E-state index contributed by atoms with van der Waals surface area (Å²) in [7, 11) is 1.75. The summed E-state index contributed by atoms with van der Waals surface area (Å²) < 4.78 is 7.50. The number of aliphatic hydroxyl groups is 1. The van der Waals surface area contributed by atoms with Gasteiger partial charge < -0.3 is 30.5 Å². The Hall–Kier alpha value is -3.74. The van der Waals surface area contributed by atoms with Crippen molar-refractivity contribution in [2.45, 2.75) is 96.1 Å². The molecule has 2 aromatic rings. The van der Waals surface area contributed by atoms with Crippen molar-refractivity contribution in [3.05, 3.63) is 53.9 Å². The van der Waals surface area contributed by atoms with Gasteiger partial charge in [-0.1, -0.05) is 24.8 Å². The molecule has 1 fully saturated rings. The maximum absolute atomic E-state index is 10.3. The zero-order chi connectivity index (χ0) is 31.9. The molecule has 0 radical (unpaired) electrons. The SMILES string of the molecule is C=Cn1ncc(CN(Cc2ccccc2OC)C2CC(C)(C)NC(C)(C)C2)c1C.O=C(O)CC(O)(CC(=O)O)C(=O)O. The fraction of sp³-hybridized carbons (Fsp3) is 0.533. The number of nitrogens with one attached hydrogen (secondary N) is 1. The molecule has 0 aliphatic carbocycles. The molecule has 0 saturated carbocycles. The Morgan fingerprint density at radius 1 is 1.07 bits per heavy atom. The van der Waals surface area contributed by atoms with E-state index in [9.17, 15) is 14.4 Å². The minimum atomic E-state index is -2.74. The van der Waals surface area contributed by atoms with Gasteiger partial charge in [0.1, 0.15) is 5.75 Å². The average molecular weight is 589 g/mol. The molecule has 42 heavy (non-hydrogen) atoms. The summed E-state index contributed by atoms with van der Waals surface area (Å²) in [5.41, 5.74) is 1.05. The van der Waals surface area contributed by atoms with Gasteiger partial charge in [-0.05, 0) is 53.5 Å². The van der Waals surface area contributed by atoms with E-state index in [1.807, 2.05) is 23.0 Å². The Labute approximate surface area is 246 Å². The number of carboxylic acid groups (broad SMARTS) is 3. The van der Waals surface area contributed by atoms with Crippen molar-refractivity contribution in [3.63, 3.8) is 0 Å². The molecule has 0 atom stereocenters. The first-order valence-electron chi connectivity index (χ1n) is 13.6. The van der Waals surface area contributed by atoms with Crippen LogP contribution in [0.3, 0.4) is 0 Å². The van der Waals surface area contributed by atoms with Gasteiger partial charge in [0, 0.05) is 53.2 Å². The number of piperidine rings is 1. The number of aromatic nitrogens is 2. The summed E-state index contributed by atoms with van der Waals surface area (Å²) >= 11 is 0. The molecule has 1 saturated heterocycles. The molecule has 1 aliphatic heterocycles. The van der Waals surface area contributed by atoms with E-state index in [0.717, 1.165) is 37.4 Å². The highest BCUT2D eigenvalue weighted by atomic mass is 16.5. The first kappa shape index (κ1) is 34.5. The Bertz CT molecular complexity index is 1240. The van der Waals surface area contributed by atoms with Gasteiger partial charge in [0.15, 0.2) is 5.60 Å². The highest BCUT2D eigenvalue weighted by Crippen LogP contribution is 2.34. The molecule has 1 aromatic heterocycles. The fourth-order valence-corrected chi connectivity index (χ4v) is 5.62. The first-order chi connectivity index (χ1) is 19.4. The lowest BCUT2D eigenvalue weighted by atomic mass is 9.78. The van der Waals surface area contributed by atoms with E-state index in [2.05, 4.69) is 68.6 Å². The lowest BCUT2D eigenvalue weighted by molar-refractivity contribution is -0.170. The van der Waals surface area contributed by atoms with Crippen LogP contribution in [0.15, 0.2) is 37.0 Å². The third kappa shape index (κ3) is 9.68. The van der Waals surface area contributed by atoms with Crippen LogP contribution in [-0.2, 0) is 27.5 Å². The van der Waals surface area contributed by atoms with Gasteiger partial charge in [-0.25, -0.2) is 9.48 Å². The number of para-hydroxylation sites is 1. The van der Waals surface area contributed by atoms with Crippen molar-refractivity contribution < 1.29 is 39.5 Å². The van der Waals surface area contributed by atoms with E-state index < -0.39 is 36.4 Å². The minimum Gasteiger partial charge on any atom is -0.496 e. The molecule has 0 unspecified atom stereocenters. The molecule has 2 heterocycles. The molecular formula is C30H44N4O8. The van der Waals surface area contributed by atoms with Gasteiger partial charge in [0.25, 0.3) is 0 Å². The van der Waals surface area contributed by atoms with Crippen molar-refractivity contribution >= 4 is 24.1 Å². The second-order valence-corrected chi connectivity index (χ2v) is 12.0. The van der Waals surface area contributed by atoms with Gasteiger partial charge in [-0.2, -0.15) is 5.10 Å². The van der Waals surface area contributed by atoms with Crippen molar-refractivity contribution in [1.29, 1.82) is 0 Å². The second-order valence-electron chi connectivity index (χ2n) is 12.0. The number of carboxylic acids is 3. The van der Waals surface area contributed by atoms with Crippen molar-refractivity contribution in [2.24, 2.45) is 0 Å². The lowest BCUT2D eigenvalue weighted by Gasteiger charge is -2.49. The van der Waals surface area contributed by atoms with Gasteiger partial charge in [0.05, 0.1) is 26.1 Å². The average Bonchev–Trinajstić information content (AvgIpc) is 3.20. The monoisotopic (exact) mass is 588 g/mol. The number of ether oxygens (including phenoxy) is 1. The number of hydrogen-bond acceptors (Lipinski definition) is 8. The predicted octanol–water partition coefficient (Wildman–Crippen LogP) is 3.36.